The van der Waals surface area contributed by atoms with Crippen LogP contribution in [0.4, 0.5) is 0 Å². The van der Waals surface area contributed by atoms with Crippen LogP contribution in [0.5, 0.6) is 0 Å². The van der Waals surface area contributed by atoms with Gasteiger partial charge in [0.25, 0.3) is 0 Å². The monoisotopic (exact) mass is 274 g/mol. The van der Waals surface area contributed by atoms with Crippen molar-refractivity contribution >= 4 is 39.0 Å². The van der Waals surface area contributed by atoms with E-state index < -0.39 is 5.97 Å². The molecule has 0 saturated carbocycles. The Bertz CT molecular complexity index is 523. The van der Waals surface area contributed by atoms with Gasteiger partial charge in [0.2, 0.25) is 0 Å². The van der Waals surface area contributed by atoms with E-state index in [0.29, 0.717) is 15.1 Å². The van der Waals surface area contributed by atoms with Gasteiger partial charge in [-0.3, -0.25) is 0 Å². The fourth-order valence-electron chi connectivity index (χ4n) is 1.19. The van der Waals surface area contributed by atoms with Crippen LogP contribution in [0.25, 0.3) is 5.52 Å². The summed E-state index contributed by atoms with van der Waals surface area (Å²) < 4.78 is 2.09. The lowest BCUT2D eigenvalue weighted by Crippen LogP contribution is -1.96. The standard InChI is InChI=1S/C8H4BrClN2O2/c9-6-2-1-5(10)7-4(8(13)14)3-11-12(6)7/h1-3H,(H,13,14). The van der Waals surface area contributed by atoms with E-state index in [1.807, 2.05) is 0 Å². The van der Waals surface area contributed by atoms with Gasteiger partial charge in [0.1, 0.15) is 15.7 Å². The van der Waals surface area contributed by atoms with Crippen molar-refractivity contribution in [3.63, 3.8) is 0 Å². The molecule has 14 heavy (non-hydrogen) atoms. The Hall–Kier alpha value is -1.07. The summed E-state index contributed by atoms with van der Waals surface area (Å²) in [5.74, 6) is -1.04. The van der Waals surface area contributed by atoms with Gasteiger partial charge < -0.3 is 5.11 Å². The number of rotatable bonds is 1. The molecular weight excluding hydrogens is 271 g/mol. The molecule has 0 aliphatic rings. The number of aromatic carboxylic acids is 1. The highest BCUT2D eigenvalue weighted by atomic mass is 79.9. The normalized spacial score (nSPS) is 10.7. The fraction of sp³-hybridized carbons (Fsp3) is 0. The number of halogens is 2. The Morgan fingerprint density at radius 3 is 2.93 bits per heavy atom. The molecule has 0 amide bonds. The number of fused-ring (bicyclic) bond motifs is 1. The third kappa shape index (κ3) is 1.29. The largest absolute Gasteiger partial charge is 0.478 e. The molecular formula is C8H4BrClN2O2. The molecule has 0 spiro atoms. The Morgan fingerprint density at radius 1 is 1.57 bits per heavy atom. The predicted molar refractivity (Wildman–Crippen MR) is 54.9 cm³/mol. The van der Waals surface area contributed by atoms with Gasteiger partial charge >= 0.3 is 5.97 Å². The first-order chi connectivity index (χ1) is 6.61. The van der Waals surface area contributed by atoms with Gasteiger partial charge in [-0.25, -0.2) is 9.31 Å². The zero-order valence-corrected chi connectivity index (χ0v) is 9.08. The molecule has 0 radical (unpaired) electrons. The minimum Gasteiger partial charge on any atom is -0.478 e. The summed E-state index contributed by atoms with van der Waals surface area (Å²) in [7, 11) is 0. The first kappa shape index (κ1) is 9.48. The third-order valence-corrected chi connectivity index (χ3v) is 2.70. The molecule has 0 saturated heterocycles. The second-order valence-corrected chi connectivity index (χ2v) is 3.85. The number of nitrogens with zero attached hydrogens (tertiary/aromatic N) is 2. The van der Waals surface area contributed by atoms with E-state index >= 15 is 0 Å². The minimum atomic E-state index is -1.04. The van der Waals surface area contributed by atoms with Crippen LogP contribution in [0.15, 0.2) is 22.9 Å². The lowest BCUT2D eigenvalue weighted by Gasteiger charge is -1.99. The molecule has 2 heterocycles. The summed E-state index contributed by atoms with van der Waals surface area (Å²) in [5, 5.41) is 13.1. The molecule has 0 aliphatic heterocycles. The van der Waals surface area contributed by atoms with Crippen LogP contribution in [0.3, 0.4) is 0 Å². The van der Waals surface area contributed by atoms with Crippen molar-refractivity contribution in [3.8, 4) is 0 Å². The minimum absolute atomic E-state index is 0.0938. The second kappa shape index (κ2) is 3.25. The molecule has 0 aliphatic carbocycles. The molecule has 0 atom stereocenters. The van der Waals surface area contributed by atoms with Crippen molar-refractivity contribution in [2.45, 2.75) is 0 Å². The highest BCUT2D eigenvalue weighted by Crippen LogP contribution is 2.24. The van der Waals surface area contributed by atoms with Crippen LogP contribution in [-0.4, -0.2) is 20.7 Å². The molecule has 0 bridgehead atoms. The zero-order valence-electron chi connectivity index (χ0n) is 6.74. The number of carboxylic acids is 1. The Kier molecular flexibility index (Phi) is 2.20. The number of hydrogen-bond acceptors (Lipinski definition) is 2. The summed E-state index contributed by atoms with van der Waals surface area (Å²) in [6, 6.07) is 3.32. The summed E-state index contributed by atoms with van der Waals surface area (Å²) in [5.41, 5.74) is 0.491. The Labute approximate surface area is 92.2 Å². The second-order valence-electron chi connectivity index (χ2n) is 2.63. The van der Waals surface area contributed by atoms with E-state index in [-0.39, 0.29) is 5.56 Å². The van der Waals surface area contributed by atoms with E-state index in [9.17, 15) is 4.79 Å². The number of carbonyl (C=O) groups is 1. The van der Waals surface area contributed by atoms with E-state index in [1.54, 1.807) is 12.1 Å². The van der Waals surface area contributed by atoms with Crippen LogP contribution in [0.2, 0.25) is 5.02 Å². The van der Waals surface area contributed by atoms with Crippen molar-refractivity contribution in [1.82, 2.24) is 9.61 Å². The fourth-order valence-corrected chi connectivity index (χ4v) is 1.83. The third-order valence-electron chi connectivity index (χ3n) is 1.80. The first-order valence-corrected chi connectivity index (χ1v) is 4.83. The summed E-state index contributed by atoms with van der Waals surface area (Å²) in [6.07, 6.45) is 1.27. The van der Waals surface area contributed by atoms with Gasteiger partial charge in [0.05, 0.1) is 11.2 Å². The van der Waals surface area contributed by atoms with E-state index in [0.717, 1.165) is 0 Å². The Morgan fingerprint density at radius 2 is 2.29 bits per heavy atom. The molecule has 1 N–H and O–H groups in total. The molecule has 4 nitrogen and oxygen atoms in total. The van der Waals surface area contributed by atoms with Crippen LogP contribution in [0, 0.1) is 0 Å². The molecule has 6 heteroatoms. The van der Waals surface area contributed by atoms with Crippen LogP contribution in [0.1, 0.15) is 10.4 Å². The number of carboxylic acid groups (broad SMARTS) is 1. The Balaban J connectivity index is 2.90. The maximum Gasteiger partial charge on any atom is 0.339 e. The van der Waals surface area contributed by atoms with Gasteiger partial charge in [-0.15, -0.1) is 0 Å². The van der Waals surface area contributed by atoms with Crippen molar-refractivity contribution in [2.75, 3.05) is 0 Å². The quantitative estimate of drug-likeness (QED) is 0.813. The van der Waals surface area contributed by atoms with E-state index in [2.05, 4.69) is 21.0 Å². The number of aromatic nitrogens is 2. The van der Waals surface area contributed by atoms with Crippen LogP contribution >= 0.6 is 27.5 Å². The van der Waals surface area contributed by atoms with Gasteiger partial charge in [-0.2, -0.15) is 5.10 Å². The average molecular weight is 275 g/mol. The highest BCUT2D eigenvalue weighted by Gasteiger charge is 2.15. The predicted octanol–water partition coefficient (Wildman–Crippen LogP) is 2.45. The summed E-state index contributed by atoms with van der Waals surface area (Å²) in [4.78, 5) is 10.8. The maximum absolute atomic E-state index is 10.8. The lowest BCUT2D eigenvalue weighted by atomic mass is 10.3. The maximum atomic E-state index is 10.8. The summed E-state index contributed by atoms with van der Waals surface area (Å²) >= 11 is 9.12. The summed E-state index contributed by atoms with van der Waals surface area (Å²) in [6.45, 7) is 0. The molecule has 0 fully saturated rings. The topological polar surface area (TPSA) is 54.6 Å². The zero-order chi connectivity index (χ0) is 10.3. The number of hydrogen-bond donors (Lipinski definition) is 1. The van der Waals surface area contributed by atoms with Crippen molar-refractivity contribution < 1.29 is 9.90 Å². The molecule has 2 aromatic heterocycles. The van der Waals surface area contributed by atoms with Crippen molar-refractivity contribution in [2.24, 2.45) is 0 Å². The smallest absolute Gasteiger partial charge is 0.339 e. The lowest BCUT2D eigenvalue weighted by molar-refractivity contribution is 0.0699. The molecule has 0 aromatic carbocycles. The molecule has 72 valence electrons. The SMILES string of the molecule is O=C(O)c1cnn2c(Br)ccc(Cl)c12. The number of pyridine rings is 1. The highest BCUT2D eigenvalue weighted by molar-refractivity contribution is 9.10. The van der Waals surface area contributed by atoms with Gasteiger partial charge in [0.15, 0.2) is 0 Å². The molecule has 2 aromatic rings. The van der Waals surface area contributed by atoms with Crippen molar-refractivity contribution in [1.29, 1.82) is 0 Å². The van der Waals surface area contributed by atoms with Crippen LogP contribution < -0.4 is 0 Å². The van der Waals surface area contributed by atoms with Gasteiger partial charge in [0, 0.05) is 0 Å². The van der Waals surface area contributed by atoms with E-state index in [1.165, 1.54) is 10.7 Å². The van der Waals surface area contributed by atoms with Crippen LogP contribution in [-0.2, 0) is 0 Å². The molecule has 2 rings (SSSR count). The first-order valence-electron chi connectivity index (χ1n) is 3.66. The van der Waals surface area contributed by atoms with Gasteiger partial charge in [-0.1, -0.05) is 11.6 Å². The van der Waals surface area contributed by atoms with E-state index in [4.69, 9.17) is 16.7 Å². The van der Waals surface area contributed by atoms with Crippen molar-refractivity contribution in [3.05, 3.63) is 33.5 Å². The molecule has 0 unspecified atom stereocenters. The van der Waals surface area contributed by atoms with Gasteiger partial charge in [-0.05, 0) is 28.1 Å². The average Bonchev–Trinajstić information content (AvgIpc) is 2.56.